The highest BCUT2D eigenvalue weighted by Crippen LogP contribution is 2.32. The van der Waals surface area contributed by atoms with Crippen LogP contribution in [0.15, 0.2) is 51.7 Å². The van der Waals surface area contributed by atoms with Crippen molar-refractivity contribution >= 4 is 11.0 Å². The molecule has 0 radical (unpaired) electrons. The topological polar surface area (TPSA) is 51.9 Å². The molecule has 0 saturated heterocycles. The minimum absolute atomic E-state index is 0.0633. The Morgan fingerprint density at radius 3 is 2.40 bits per heavy atom. The summed E-state index contributed by atoms with van der Waals surface area (Å²) in [5.74, 6) is 1.71. The lowest BCUT2D eigenvalue weighted by Crippen LogP contribution is -2.11. The van der Waals surface area contributed by atoms with Crippen molar-refractivity contribution in [1.82, 2.24) is 4.90 Å². The summed E-state index contributed by atoms with van der Waals surface area (Å²) < 4.78 is 16.5. The maximum Gasteiger partial charge on any atom is 0.193 e. The predicted octanol–water partition coefficient (Wildman–Crippen LogP) is 3.54. The summed E-state index contributed by atoms with van der Waals surface area (Å²) in [6, 6.07) is 12.7. The average Bonchev–Trinajstić information content (AvgIpc) is 2.61. The van der Waals surface area contributed by atoms with E-state index in [1.165, 1.54) is 6.07 Å². The van der Waals surface area contributed by atoms with Crippen LogP contribution in [0.5, 0.6) is 11.5 Å². The van der Waals surface area contributed by atoms with E-state index in [0.29, 0.717) is 28.2 Å². The van der Waals surface area contributed by atoms with E-state index >= 15 is 0 Å². The van der Waals surface area contributed by atoms with Gasteiger partial charge >= 0.3 is 0 Å². The number of methoxy groups -OCH3 is 2. The molecule has 1 aromatic heterocycles. The Balaban J connectivity index is 2.08. The third kappa shape index (κ3) is 3.51. The summed E-state index contributed by atoms with van der Waals surface area (Å²) in [7, 11) is 7.14. The largest absolute Gasteiger partial charge is 0.493 e. The van der Waals surface area contributed by atoms with Gasteiger partial charge < -0.3 is 18.8 Å². The van der Waals surface area contributed by atoms with Crippen molar-refractivity contribution < 1.29 is 13.9 Å². The molecular weight excluding hydrogens is 318 g/mol. The zero-order chi connectivity index (χ0) is 18.0. The summed E-state index contributed by atoms with van der Waals surface area (Å²) in [4.78, 5) is 14.6. The van der Waals surface area contributed by atoms with Crippen molar-refractivity contribution in [2.45, 2.75) is 6.54 Å². The van der Waals surface area contributed by atoms with E-state index in [1.807, 2.05) is 38.4 Å². The van der Waals surface area contributed by atoms with Gasteiger partial charge in [0, 0.05) is 18.2 Å². The molecule has 0 N–H and O–H groups in total. The Hall–Kier alpha value is -2.79. The molecule has 0 fully saturated rings. The van der Waals surface area contributed by atoms with Crippen LogP contribution in [-0.2, 0) is 6.54 Å². The van der Waals surface area contributed by atoms with Crippen molar-refractivity contribution in [1.29, 1.82) is 0 Å². The van der Waals surface area contributed by atoms with Gasteiger partial charge in [0.15, 0.2) is 16.9 Å². The molecule has 3 rings (SSSR count). The highest BCUT2D eigenvalue weighted by molar-refractivity contribution is 5.79. The monoisotopic (exact) mass is 339 g/mol. The van der Waals surface area contributed by atoms with Crippen LogP contribution in [0.3, 0.4) is 0 Å². The van der Waals surface area contributed by atoms with Gasteiger partial charge in [-0.05, 0) is 50.0 Å². The van der Waals surface area contributed by atoms with Crippen molar-refractivity contribution in [3.8, 4) is 22.8 Å². The molecule has 0 aliphatic rings. The Labute approximate surface area is 146 Å². The molecule has 0 bridgehead atoms. The zero-order valence-electron chi connectivity index (χ0n) is 14.8. The van der Waals surface area contributed by atoms with Crippen molar-refractivity contribution in [3.05, 3.63) is 58.3 Å². The van der Waals surface area contributed by atoms with Gasteiger partial charge in [0.25, 0.3) is 0 Å². The number of hydrogen-bond donors (Lipinski definition) is 0. The SMILES string of the molecule is COc1ccc(-c2cc(=O)c3cc(CN(C)C)ccc3o2)cc1OC. The van der Waals surface area contributed by atoms with Gasteiger partial charge in [-0.25, -0.2) is 0 Å². The van der Waals surface area contributed by atoms with Crippen LogP contribution in [0.25, 0.3) is 22.3 Å². The average molecular weight is 339 g/mol. The molecule has 1 heterocycles. The van der Waals surface area contributed by atoms with Crippen molar-refractivity contribution in [3.63, 3.8) is 0 Å². The second-order valence-corrected chi connectivity index (χ2v) is 6.11. The summed E-state index contributed by atoms with van der Waals surface area (Å²) in [6.45, 7) is 0.771. The van der Waals surface area contributed by atoms with Gasteiger partial charge in [-0.1, -0.05) is 6.07 Å². The number of fused-ring (bicyclic) bond motifs is 1. The Bertz CT molecular complexity index is 960. The molecule has 0 atom stereocenters. The molecule has 0 saturated carbocycles. The van der Waals surface area contributed by atoms with E-state index in [1.54, 1.807) is 26.4 Å². The van der Waals surface area contributed by atoms with Crippen LogP contribution in [0, 0.1) is 0 Å². The van der Waals surface area contributed by atoms with Gasteiger partial charge in [0.2, 0.25) is 0 Å². The first-order valence-electron chi connectivity index (χ1n) is 7.95. The van der Waals surface area contributed by atoms with E-state index in [-0.39, 0.29) is 5.43 Å². The maximum atomic E-state index is 12.6. The summed E-state index contributed by atoms with van der Waals surface area (Å²) in [5, 5.41) is 0.587. The predicted molar refractivity (Wildman–Crippen MR) is 98.4 cm³/mol. The van der Waals surface area contributed by atoms with Crippen LogP contribution in [0.2, 0.25) is 0 Å². The fraction of sp³-hybridized carbons (Fsp3) is 0.250. The molecule has 0 amide bonds. The second-order valence-electron chi connectivity index (χ2n) is 6.11. The van der Waals surface area contributed by atoms with Crippen molar-refractivity contribution in [2.24, 2.45) is 0 Å². The molecular formula is C20H21NO4. The number of rotatable bonds is 5. The van der Waals surface area contributed by atoms with Gasteiger partial charge in [0.05, 0.1) is 19.6 Å². The fourth-order valence-electron chi connectivity index (χ4n) is 2.80. The number of hydrogen-bond acceptors (Lipinski definition) is 5. The van der Waals surface area contributed by atoms with Crippen LogP contribution in [0.1, 0.15) is 5.56 Å². The highest BCUT2D eigenvalue weighted by Gasteiger charge is 2.11. The van der Waals surface area contributed by atoms with Gasteiger partial charge in [-0.2, -0.15) is 0 Å². The molecule has 2 aromatic carbocycles. The van der Waals surface area contributed by atoms with Gasteiger partial charge in [-0.15, -0.1) is 0 Å². The highest BCUT2D eigenvalue weighted by atomic mass is 16.5. The van der Waals surface area contributed by atoms with Crippen LogP contribution in [-0.4, -0.2) is 33.2 Å². The van der Waals surface area contributed by atoms with Gasteiger partial charge in [0.1, 0.15) is 11.3 Å². The minimum atomic E-state index is -0.0633. The summed E-state index contributed by atoms with van der Waals surface area (Å²) in [6.07, 6.45) is 0. The molecule has 25 heavy (non-hydrogen) atoms. The van der Waals surface area contributed by atoms with Crippen molar-refractivity contribution in [2.75, 3.05) is 28.3 Å². The molecule has 130 valence electrons. The normalized spacial score (nSPS) is 11.1. The van der Waals surface area contributed by atoms with Crippen LogP contribution in [0.4, 0.5) is 0 Å². The lowest BCUT2D eigenvalue weighted by atomic mass is 10.1. The molecule has 5 nitrogen and oxygen atoms in total. The van der Waals surface area contributed by atoms with E-state index < -0.39 is 0 Å². The molecule has 0 unspecified atom stereocenters. The first-order valence-corrected chi connectivity index (χ1v) is 7.95. The lowest BCUT2D eigenvalue weighted by molar-refractivity contribution is 0.355. The first-order chi connectivity index (χ1) is 12.0. The third-order valence-electron chi connectivity index (χ3n) is 3.96. The maximum absolute atomic E-state index is 12.6. The molecule has 0 spiro atoms. The molecule has 0 aliphatic carbocycles. The lowest BCUT2D eigenvalue weighted by Gasteiger charge is -2.11. The third-order valence-corrected chi connectivity index (χ3v) is 3.96. The number of nitrogens with zero attached hydrogens (tertiary/aromatic N) is 1. The quantitative estimate of drug-likeness (QED) is 0.712. The zero-order valence-corrected chi connectivity index (χ0v) is 14.8. The van der Waals surface area contributed by atoms with E-state index in [2.05, 4.69) is 4.90 Å². The number of ether oxygens (including phenoxy) is 2. The molecule has 5 heteroatoms. The van der Waals surface area contributed by atoms with Crippen LogP contribution >= 0.6 is 0 Å². The fourth-order valence-corrected chi connectivity index (χ4v) is 2.80. The van der Waals surface area contributed by atoms with Crippen LogP contribution < -0.4 is 14.9 Å². The number of benzene rings is 2. The van der Waals surface area contributed by atoms with E-state index in [0.717, 1.165) is 17.7 Å². The van der Waals surface area contributed by atoms with E-state index in [4.69, 9.17) is 13.9 Å². The van der Waals surface area contributed by atoms with E-state index in [9.17, 15) is 4.79 Å². The first kappa shape index (κ1) is 17.0. The summed E-state index contributed by atoms with van der Waals surface area (Å²) in [5.41, 5.74) is 2.34. The second kappa shape index (κ2) is 6.99. The minimum Gasteiger partial charge on any atom is -0.493 e. The molecule has 3 aromatic rings. The Morgan fingerprint density at radius 2 is 1.72 bits per heavy atom. The smallest absolute Gasteiger partial charge is 0.193 e. The van der Waals surface area contributed by atoms with Gasteiger partial charge in [-0.3, -0.25) is 4.79 Å². The standard InChI is InChI=1S/C20H21NO4/c1-21(2)12-13-5-7-17-15(9-13)16(22)11-19(25-17)14-6-8-18(23-3)20(10-14)24-4/h5-11H,12H2,1-4H3. The Kier molecular flexibility index (Phi) is 4.76. The summed E-state index contributed by atoms with van der Waals surface area (Å²) >= 11 is 0. The molecule has 0 aliphatic heterocycles. The Morgan fingerprint density at radius 1 is 0.960 bits per heavy atom.